The van der Waals surface area contributed by atoms with Gasteiger partial charge in [-0.25, -0.2) is 9.97 Å². The molecule has 0 N–H and O–H groups in total. The maximum absolute atomic E-state index is 7.05. The maximum Gasteiger partial charge on any atom is 0.160 e. The highest BCUT2D eigenvalue weighted by molar-refractivity contribution is 6.17. The van der Waals surface area contributed by atoms with Gasteiger partial charge in [-0.2, -0.15) is 0 Å². The first-order valence-corrected chi connectivity index (χ1v) is 21.0. The van der Waals surface area contributed by atoms with Crippen LogP contribution in [0.4, 0.5) is 0 Å². The predicted octanol–water partition coefficient (Wildman–Crippen LogP) is 15.5. The Balaban J connectivity index is 1.14. The first-order chi connectivity index (χ1) is 30.7. The fraction of sp³-hybridized carbons (Fsp3) is 0. The molecule has 0 radical (unpaired) electrons. The molecule has 4 heteroatoms. The molecule has 0 aliphatic heterocycles. The molecule has 0 aliphatic rings. The van der Waals surface area contributed by atoms with Gasteiger partial charge in [0.25, 0.3) is 0 Å². The quantitative estimate of drug-likeness (QED) is 0.161. The number of hydrogen-bond acceptors (Lipinski definition) is 3. The van der Waals surface area contributed by atoms with Gasteiger partial charge in [0.15, 0.2) is 5.82 Å². The Kier molecular flexibility index (Phi) is 8.46. The van der Waals surface area contributed by atoms with E-state index < -0.39 is 0 Å². The Bertz CT molecular complexity index is 3540. The summed E-state index contributed by atoms with van der Waals surface area (Å²) in [7, 11) is 0. The van der Waals surface area contributed by atoms with Gasteiger partial charge >= 0.3 is 0 Å². The minimum Gasteiger partial charge on any atom is -0.456 e. The summed E-state index contributed by atoms with van der Waals surface area (Å²) in [6.07, 6.45) is 0. The molecule has 4 nitrogen and oxygen atoms in total. The van der Waals surface area contributed by atoms with Gasteiger partial charge in [0.2, 0.25) is 0 Å². The minimum atomic E-state index is 0.672. The van der Waals surface area contributed by atoms with Crippen molar-refractivity contribution < 1.29 is 4.42 Å². The Hall–Kier alpha value is -8.34. The topological polar surface area (TPSA) is 43.9 Å². The molecule has 0 fully saturated rings. The third-order valence-corrected chi connectivity index (χ3v) is 12.0. The SMILES string of the molecule is c1ccc(-c2cc(-c3c(-c4ccccc4)nc(-c4ccccc4)nc3-c3ccccc3)c3c(c2)oc2cc(-n4c5ccccc5c5cc(-c6ccccc6)ccc54)ccc23)cc1. The number of rotatable bonds is 7. The van der Waals surface area contributed by atoms with Crippen LogP contribution in [0.5, 0.6) is 0 Å². The average Bonchev–Trinajstić information content (AvgIpc) is 3.89. The molecule has 0 saturated carbocycles. The van der Waals surface area contributed by atoms with Crippen molar-refractivity contribution in [1.82, 2.24) is 14.5 Å². The zero-order valence-corrected chi connectivity index (χ0v) is 33.6. The van der Waals surface area contributed by atoms with Crippen molar-refractivity contribution in [2.75, 3.05) is 0 Å². The average molecular weight is 792 g/mol. The molecule has 62 heavy (non-hydrogen) atoms. The van der Waals surface area contributed by atoms with E-state index >= 15 is 0 Å². The van der Waals surface area contributed by atoms with Crippen LogP contribution >= 0.6 is 0 Å². The number of benzene rings is 9. The Morgan fingerprint density at radius 3 is 1.50 bits per heavy atom. The van der Waals surface area contributed by atoms with Crippen molar-refractivity contribution in [3.63, 3.8) is 0 Å². The van der Waals surface area contributed by atoms with E-state index in [4.69, 9.17) is 14.4 Å². The van der Waals surface area contributed by atoms with Crippen LogP contribution in [0, 0.1) is 0 Å². The van der Waals surface area contributed by atoms with Crippen LogP contribution in [-0.2, 0) is 0 Å². The van der Waals surface area contributed by atoms with Crippen LogP contribution in [0.2, 0.25) is 0 Å². The predicted molar refractivity (Wildman–Crippen MR) is 256 cm³/mol. The molecule has 12 aromatic rings. The lowest BCUT2D eigenvalue weighted by Gasteiger charge is -2.18. The van der Waals surface area contributed by atoms with E-state index in [0.717, 1.165) is 89.0 Å². The molecule has 9 aromatic carbocycles. The molecule has 0 unspecified atom stereocenters. The Morgan fingerprint density at radius 1 is 0.339 bits per heavy atom. The number of hydrogen-bond donors (Lipinski definition) is 0. The van der Waals surface area contributed by atoms with Gasteiger partial charge in [0, 0.05) is 55.6 Å². The lowest BCUT2D eigenvalue weighted by atomic mass is 9.89. The lowest BCUT2D eigenvalue weighted by Crippen LogP contribution is -2.01. The molecule has 3 heterocycles. The summed E-state index contributed by atoms with van der Waals surface area (Å²) in [5.41, 5.74) is 16.1. The van der Waals surface area contributed by atoms with E-state index in [0.29, 0.717) is 5.82 Å². The highest BCUT2D eigenvalue weighted by Gasteiger charge is 2.25. The summed E-state index contributed by atoms with van der Waals surface area (Å²) in [5.74, 6) is 0.672. The Morgan fingerprint density at radius 2 is 0.871 bits per heavy atom. The van der Waals surface area contributed by atoms with E-state index in [9.17, 15) is 0 Å². The fourth-order valence-electron chi connectivity index (χ4n) is 9.13. The van der Waals surface area contributed by atoms with Crippen LogP contribution in [-0.4, -0.2) is 14.5 Å². The molecule has 3 aromatic heterocycles. The van der Waals surface area contributed by atoms with E-state index in [-0.39, 0.29) is 0 Å². The first-order valence-electron chi connectivity index (χ1n) is 21.0. The first kappa shape index (κ1) is 35.6. The van der Waals surface area contributed by atoms with Crippen LogP contribution in [0.3, 0.4) is 0 Å². The molecule has 290 valence electrons. The van der Waals surface area contributed by atoms with E-state index in [1.54, 1.807) is 0 Å². The number of fused-ring (bicyclic) bond motifs is 6. The zero-order valence-electron chi connectivity index (χ0n) is 33.6. The van der Waals surface area contributed by atoms with Crippen molar-refractivity contribution in [2.45, 2.75) is 0 Å². The van der Waals surface area contributed by atoms with Gasteiger partial charge in [-0.15, -0.1) is 0 Å². The van der Waals surface area contributed by atoms with Crippen molar-refractivity contribution in [3.05, 3.63) is 224 Å². The van der Waals surface area contributed by atoms with E-state index in [1.807, 2.05) is 18.2 Å². The smallest absolute Gasteiger partial charge is 0.160 e. The van der Waals surface area contributed by atoms with Crippen molar-refractivity contribution in [2.24, 2.45) is 0 Å². The molecule has 0 atom stereocenters. The number of aromatic nitrogens is 3. The molecule has 0 aliphatic carbocycles. The monoisotopic (exact) mass is 791 g/mol. The molecular formula is C58H37N3O. The Labute approximate surface area is 358 Å². The normalized spacial score (nSPS) is 11.5. The highest BCUT2D eigenvalue weighted by atomic mass is 16.3. The summed E-state index contributed by atoms with van der Waals surface area (Å²) in [5, 5.41) is 4.46. The second kappa shape index (κ2) is 14.7. The molecular weight excluding hydrogens is 755 g/mol. The lowest BCUT2D eigenvalue weighted by molar-refractivity contribution is 0.669. The van der Waals surface area contributed by atoms with Crippen LogP contribution in [0.25, 0.3) is 117 Å². The minimum absolute atomic E-state index is 0.672. The fourth-order valence-corrected chi connectivity index (χ4v) is 9.13. The van der Waals surface area contributed by atoms with Gasteiger partial charge < -0.3 is 8.98 Å². The highest BCUT2D eigenvalue weighted by Crippen LogP contribution is 2.47. The molecule has 12 rings (SSSR count). The van der Waals surface area contributed by atoms with Crippen molar-refractivity contribution >= 4 is 43.7 Å². The standard InChI is InChI=1S/C58H37N3O/c1-6-18-38(19-7-1)43-30-33-51-48(34-43)46-28-16-17-29-50(46)61(51)45-31-32-47-52(37-45)62-53-36-44(39-20-8-2-9-21-39)35-49(54(47)53)55-56(40-22-10-3-11-23-40)59-58(42-26-14-5-15-27-42)60-57(55)41-24-12-4-13-25-41/h1-37H. The number of furan rings is 1. The summed E-state index contributed by atoms with van der Waals surface area (Å²) >= 11 is 0. The zero-order chi connectivity index (χ0) is 41.0. The number of nitrogens with zero attached hydrogens (tertiary/aromatic N) is 3. The van der Waals surface area contributed by atoms with E-state index in [1.165, 1.54) is 21.9 Å². The summed E-state index contributed by atoms with van der Waals surface area (Å²) in [6.45, 7) is 0. The molecule has 0 bridgehead atoms. The number of para-hydroxylation sites is 1. The third kappa shape index (κ3) is 6.00. The van der Waals surface area contributed by atoms with Gasteiger partial charge in [-0.3, -0.25) is 0 Å². The molecule has 0 spiro atoms. The second-order valence-corrected chi connectivity index (χ2v) is 15.7. The van der Waals surface area contributed by atoms with E-state index in [2.05, 4.69) is 211 Å². The van der Waals surface area contributed by atoms with Gasteiger partial charge in [0.1, 0.15) is 11.2 Å². The van der Waals surface area contributed by atoms with Crippen LogP contribution < -0.4 is 0 Å². The van der Waals surface area contributed by atoms with Gasteiger partial charge in [0.05, 0.1) is 22.4 Å². The molecule has 0 amide bonds. The third-order valence-electron chi connectivity index (χ3n) is 12.0. The largest absolute Gasteiger partial charge is 0.456 e. The maximum atomic E-state index is 7.05. The van der Waals surface area contributed by atoms with Gasteiger partial charge in [-0.1, -0.05) is 176 Å². The summed E-state index contributed by atoms with van der Waals surface area (Å²) < 4.78 is 9.41. The van der Waals surface area contributed by atoms with Crippen LogP contribution in [0.15, 0.2) is 229 Å². The second-order valence-electron chi connectivity index (χ2n) is 15.7. The summed E-state index contributed by atoms with van der Waals surface area (Å²) in [4.78, 5) is 10.9. The van der Waals surface area contributed by atoms with Crippen molar-refractivity contribution in [1.29, 1.82) is 0 Å². The van der Waals surface area contributed by atoms with Gasteiger partial charge in [-0.05, 0) is 70.3 Å². The van der Waals surface area contributed by atoms with Crippen molar-refractivity contribution in [3.8, 4) is 73.0 Å². The van der Waals surface area contributed by atoms with Crippen LogP contribution in [0.1, 0.15) is 0 Å². The summed E-state index contributed by atoms with van der Waals surface area (Å²) in [6, 6.07) is 79.0. The molecule has 0 saturated heterocycles.